The Bertz CT molecular complexity index is 1380. The Balaban J connectivity index is 1.45. The van der Waals surface area contributed by atoms with Crippen LogP contribution in [0.1, 0.15) is 26.3 Å². The van der Waals surface area contributed by atoms with Crippen LogP contribution in [0.25, 0.3) is 17.1 Å². The molecule has 1 amide bonds. The predicted molar refractivity (Wildman–Crippen MR) is 156 cm³/mol. The monoisotopic (exact) mass is 528 g/mol. The van der Waals surface area contributed by atoms with Gasteiger partial charge in [-0.1, -0.05) is 105 Å². The highest BCUT2D eigenvalue weighted by molar-refractivity contribution is 7.99. The van der Waals surface area contributed by atoms with E-state index in [1.807, 2.05) is 65.2 Å². The number of amides is 1. The summed E-state index contributed by atoms with van der Waals surface area (Å²) in [7, 11) is 0. The number of hydrogen-bond donors (Lipinski definition) is 2. The summed E-state index contributed by atoms with van der Waals surface area (Å²) in [6.07, 6.45) is 1.40. The molecule has 0 saturated heterocycles. The van der Waals surface area contributed by atoms with Gasteiger partial charge in [-0.2, -0.15) is 5.10 Å². The number of thioether (sulfide) groups is 1. The maximum Gasteiger partial charge on any atom is 0.250 e. The fourth-order valence-electron chi connectivity index (χ4n) is 3.50. The number of benzene rings is 3. The lowest BCUT2D eigenvalue weighted by Crippen LogP contribution is -2.21. The summed E-state index contributed by atoms with van der Waals surface area (Å²) in [4.78, 5) is 12.8. The van der Waals surface area contributed by atoms with E-state index in [1.54, 1.807) is 0 Å². The van der Waals surface area contributed by atoms with Crippen molar-refractivity contribution in [2.75, 3.05) is 11.1 Å². The smallest absolute Gasteiger partial charge is 0.250 e. The third-order valence-electron chi connectivity index (χ3n) is 5.40. The number of para-hydroxylation sites is 2. The van der Waals surface area contributed by atoms with Gasteiger partial charge in [0.2, 0.25) is 0 Å². The van der Waals surface area contributed by atoms with Crippen LogP contribution in [-0.4, -0.2) is 37.6 Å². The molecule has 188 valence electrons. The van der Waals surface area contributed by atoms with Crippen molar-refractivity contribution in [3.05, 3.63) is 90.5 Å². The molecule has 0 unspecified atom stereocenters. The van der Waals surface area contributed by atoms with Crippen LogP contribution in [0.4, 0.5) is 5.69 Å². The summed E-state index contributed by atoms with van der Waals surface area (Å²) in [6, 6.07) is 27.7. The molecule has 0 aliphatic carbocycles. The van der Waals surface area contributed by atoms with E-state index in [0.717, 1.165) is 16.9 Å². The second-order valence-corrected chi connectivity index (χ2v) is 10.6. The van der Waals surface area contributed by atoms with Gasteiger partial charge in [0.25, 0.3) is 5.91 Å². The minimum atomic E-state index is -0.276. The van der Waals surface area contributed by atoms with E-state index in [9.17, 15) is 4.79 Å². The Labute approximate surface area is 226 Å². The van der Waals surface area contributed by atoms with Crippen molar-refractivity contribution >= 4 is 46.8 Å². The fourth-order valence-corrected chi connectivity index (χ4v) is 4.42. The van der Waals surface area contributed by atoms with Crippen LogP contribution in [0, 0.1) is 0 Å². The van der Waals surface area contributed by atoms with Crippen LogP contribution in [0.3, 0.4) is 0 Å². The summed E-state index contributed by atoms with van der Waals surface area (Å²) in [5, 5.41) is 16.5. The molecule has 0 bridgehead atoms. The van der Waals surface area contributed by atoms with Crippen LogP contribution in [0.5, 0.6) is 0 Å². The van der Waals surface area contributed by atoms with E-state index in [-0.39, 0.29) is 17.1 Å². The quantitative estimate of drug-likeness (QED) is 0.129. The minimum absolute atomic E-state index is 0.0594. The number of carbonyl (C=O) groups excluding carboxylic acids is 1. The Morgan fingerprint density at radius 1 is 0.973 bits per heavy atom. The Hall–Kier alpha value is -3.82. The molecule has 3 aromatic carbocycles. The van der Waals surface area contributed by atoms with Crippen molar-refractivity contribution in [1.82, 2.24) is 20.2 Å². The highest BCUT2D eigenvalue weighted by Crippen LogP contribution is 2.30. The first-order chi connectivity index (χ1) is 17.8. The van der Waals surface area contributed by atoms with Gasteiger partial charge in [-0.15, -0.1) is 10.2 Å². The molecule has 0 spiro atoms. The zero-order valence-electron chi connectivity index (χ0n) is 20.9. The summed E-state index contributed by atoms with van der Waals surface area (Å²) in [5.41, 5.74) is 6.53. The average Bonchev–Trinajstić information content (AvgIpc) is 3.32. The molecule has 37 heavy (non-hydrogen) atoms. The van der Waals surface area contributed by atoms with Gasteiger partial charge < -0.3 is 5.32 Å². The highest BCUT2D eigenvalue weighted by atomic mass is 32.2. The van der Waals surface area contributed by atoms with Crippen molar-refractivity contribution in [2.24, 2.45) is 5.10 Å². The third kappa shape index (κ3) is 7.12. The normalized spacial score (nSPS) is 11.4. The van der Waals surface area contributed by atoms with Crippen molar-refractivity contribution in [1.29, 1.82) is 0 Å². The molecule has 2 N–H and O–H groups in total. The predicted octanol–water partition coefficient (Wildman–Crippen LogP) is 5.87. The van der Waals surface area contributed by atoms with E-state index in [0.29, 0.717) is 16.0 Å². The zero-order valence-corrected chi connectivity index (χ0v) is 22.5. The van der Waals surface area contributed by atoms with Crippen LogP contribution < -0.4 is 10.7 Å². The second kappa shape index (κ2) is 11.9. The standard InChI is InChI=1S/C28H28N6OS2/c1-28(2,3)21-16-14-20(15-17-21)26-32-33-27(34(26)23-12-8-5-9-13-23)37-19-24(35)31-29-18-25(36)30-22-10-6-4-7-11-22/h4-18H,19H2,1-3H3,(H,30,36)(H,31,35). The molecule has 1 aromatic heterocycles. The number of hydrazone groups is 1. The van der Waals surface area contributed by atoms with Gasteiger partial charge in [0.05, 0.1) is 12.0 Å². The number of anilines is 1. The first-order valence-corrected chi connectivity index (χ1v) is 13.1. The molecule has 0 aliphatic rings. The fraction of sp³-hybridized carbons (Fsp3) is 0.179. The van der Waals surface area contributed by atoms with Gasteiger partial charge in [-0.25, -0.2) is 5.43 Å². The molecule has 0 aliphatic heterocycles. The summed E-state index contributed by atoms with van der Waals surface area (Å²) in [5.74, 6) is 0.553. The van der Waals surface area contributed by atoms with Gasteiger partial charge in [0.1, 0.15) is 4.99 Å². The highest BCUT2D eigenvalue weighted by Gasteiger charge is 2.19. The van der Waals surface area contributed by atoms with E-state index < -0.39 is 0 Å². The first-order valence-electron chi connectivity index (χ1n) is 11.7. The molecule has 4 rings (SSSR count). The summed E-state index contributed by atoms with van der Waals surface area (Å²) >= 11 is 6.53. The Kier molecular flexibility index (Phi) is 8.47. The van der Waals surface area contributed by atoms with Crippen molar-refractivity contribution in [2.45, 2.75) is 31.3 Å². The van der Waals surface area contributed by atoms with Gasteiger partial charge in [-0.3, -0.25) is 9.36 Å². The number of aromatic nitrogens is 3. The molecule has 0 fully saturated rings. The molecule has 0 radical (unpaired) electrons. The molecule has 0 saturated carbocycles. The summed E-state index contributed by atoms with van der Waals surface area (Å²) < 4.78 is 1.96. The molecule has 4 aromatic rings. The minimum Gasteiger partial charge on any atom is -0.345 e. The van der Waals surface area contributed by atoms with Crippen LogP contribution in [0.15, 0.2) is 95.2 Å². The van der Waals surface area contributed by atoms with Crippen LogP contribution in [0.2, 0.25) is 0 Å². The van der Waals surface area contributed by atoms with Crippen molar-refractivity contribution in [3.8, 4) is 17.1 Å². The van der Waals surface area contributed by atoms with Gasteiger partial charge in [0, 0.05) is 16.9 Å². The SMILES string of the molecule is CC(C)(C)c1ccc(-c2nnc(SCC(=O)NN=CC(=S)Nc3ccccc3)n2-c2ccccc2)cc1. The van der Waals surface area contributed by atoms with Crippen molar-refractivity contribution < 1.29 is 4.79 Å². The van der Waals surface area contributed by atoms with Crippen LogP contribution in [-0.2, 0) is 10.2 Å². The number of nitrogens with one attached hydrogen (secondary N) is 2. The van der Waals surface area contributed by atoms with Gasteiger partial charge in [-0.05, 0) is 35.2 Å². The Morgan fingerprint density at radius 2 is 1.62 bits per heavy atom. The van der Waals surface area contributed by atoms with Crippen molar-refractivity contribution in [3.63, 3.8) is 0 Å². The lowest BCUT2D eigenvalue weighted by atomic mass is 9.87. The lowest BCUT2D eigenvalue weighted by molar-refractivity contribution is -0.118. The zero-order chi connectivity index (χ0) is 26.3. The molecular formula is C28H28N6OS2. The first kappa shape index (κ1) is 26.2. The molecular weight excluding hydrogens is 500 g/mol. The number of nitrogens with zero attached hydrogens (tertiary/aromatic N) is 4. The number of rotatable bonds is 8. The van der Waals surface area contributed by atoms with E-state index >= 15 is 0 Å². The van der Waals surface area contributed by atoms with E-state index in [4.69, 9.17) is 12.2 Å². The molecule has 1 heterocycles. The maximum absolute atomic E-state index is 12.4. The molecule has 7 nitrogen and oxygen atoms in total. The van der Waals surface area contributed by atoms with Gasteiger partial charge >= 0.3 is 0 Å². The largest absolute Gasteiger partial charge is 0.345 e. The number of carbonyl (C=O) groups is 1. The second-order valence-electron chi connectivity index (χ2n) is 9.24. The van der Waals surface area contributed by atoms with Crippen LogP contribution >= 0.6 is 24.0 Å². The Morgan fingerprint density at radius 3 is 2.27 bits per heavy atom. The third-order valence-corrected chi connectivity index (χ3v) is 6.54. The van der Waals surface area contributed by atoms with Gasteiger partial charge in [0.15, 0.2) is 11.0 Å². The topological polar surface area (TPSA) is 84.2 Å². The van der Waals surface area contributed by atoms with E-state index in [1.165, 1.54) is 23.5 Å². The molecule has 0 atom stereocenters. The van der Waals surface area contributed by atoms with E-state index in [2.05, 4.69) is 71.1 Å². The molecule has 9 heteroatoms. The number of thiocarbonyl (C=S) groups is 1. The lowest BCUT2D eigenvalue weighted by Gasteiger charge is -2.19. The number of hydrogen-bond acceptors (Lipinski definition) is 6. The average molecular weight is 529 g/mol. The maximum atomic E-state index is 12.4. The summed E-state index contributed by atoms with van der Waals surface area (Å²) in [6.45, 7) is 6.56.